The zero-order chi connectivity index (χ0) is 14.1. The van der Waals surface area contributed by atoms with E-state index in [2.05, 4.69) is 5.10 Å². The monoisotopic (exact) mass is 284 g/mol. The molecule has 3 rings (SSSR count). The van der Waals surface area contributed by atoms with E-state index in [9.17, 15) is 5.11 Å². The van der Waals surface area contributed by atoms with Gasteiger partial charge in [-0.2, -0.15) is 5.10 Å². The molecule has 4 heteroatoms. The smallest absolute Gasteiger partial charge is 0.162 e. The third-order valence-electron chi connectivity index (χ3n) is 3.11. The van der Waals surface area contributed by atoms with E-state index in [1.165, 1.54) is 5.56 Å². The summed E-state index contributed by atoms with van der Waals surface area (Å²) in [5, 5.41) is 15.2. The van der Waals surface area contributed by atoms with Crippen LogP contribution in [0.15, 0.2) is 54.7 Å². The van der Waals surface area contributed by atoms with Gasteiger partial charge in [0.1, 0.15) is 5.69 Å². The summed E-state index contributed by atoms with van der Waals surface area (Å²) in [6.45, 7) is 2.02. The van der Waals surface area contributed by atoms with Crippen LogP contribution in [-0.4, -0.2) is 14.9 Å². The normalized spacial score (nSPS) is 10.7. The molecule has 0 radical (unpaired) electrons. The summed E-state index contributed by atoms with van der Waals surface area (Å²) in [6.07, 6.45) is 1.60. The molecule has 0 fully saturated rings. The molecule has 2 aromatic carbocycles. The van der Waals surface area contributed by atoms with Gasteiger partial charge in [0, 0.05) is 10.6 Å². The minimum atomic E-state index is 0.156. The number of halogens is 1. The predicted octanol–water partition coefficient (Wildman–Crippen LogP) is 4.21. The lowest BCUT2D eigenvalue weighted by molar-refractivity contribution is 0.477. The average Bonchev–Trinajstić information content (AvgIpc) is 2.82. The first-order chi connectivity index (χ1) is 9.63. The fourth-order valence-electron chi connectivity index (χ4n) is 2.01. The lowest BCUT2D eigenvalue weighted by atomic mass is 10.1. The van der Waals surface area contributed by atoms with E-state index in [1.54, 1.807) is 23.0 Å². The number of hydrogen-bond acceptors (Lipinski definition) is 2. The Morgan fingerprint density at radius 1 is 1.00 bits per heavy atom. The Morgan fingerprint density at radius 3 is 2.30 bits per heavy atom. The number of benzene rings is 2. The molecule has 0 saturated heterocycles. The first-order valence-electron chi connectivity index (χ1n) is 6.25. The van der Waals surface area contributed by atoms with Crippen LogP contribution in [0.3, 0.4) is 0 Å². The van der Waals surface area contributed by atoms with Crippen molar-refractivity contribution >= 4 is 11.6 Å². The van der Waals surface area contributed by atoms with Gasteiger partial charge in [-0.15, -0.1) is 0 Å². The number of nitrogens with zero attached hydrogens (tertiary/aromatic N) is 2. The predicted molar refractivity (Wildman–Crippen MR) is 80.4 cm³/mol. The molecule has 1 heterocycles. The van der Waals surface area contributed by atoms with Crippen LogP contribution < -0.4 is 0 Å². The third kappa shape index (κ3) is 2.40. The Bertz CT molecular complexity index is 730. The molecule has 100 valence electrons. The van der Waals surface area contributed by atoms with Crippen LogP contribution in [0.4, 0.5) is 0 Å². The first-order valence-corrected chi connectivity index (χ1v) is 6.63. The van der Waals surface area contributed by atoms with Gasteiger partial charge in [-0.25, -0.2) is 4.68 Å². The van der Waals surface area contributed by atoms with E-state index >= 15 is 0 Å². The molecule has 0 spiro atoms. The second-order valence-corrected chi connectivity index (χ2v) is 5.09. The summed E-state index contributed by atoms with van der Waals surface area (Å²) >= 11 is 5.87. The molecule has 1 N–H and O–H groups in total. The van der Waals surface area contributed by atoms with Crippen LogP contribution in [-0.2, 0) is 0 Å². The highest BCUT2D eigenvalue weighted by Gasteiger charge is 2.11. The van der Waals surface area contributed by atoms with Crippen molar-refractivity contribution < 1.29 is 5.11 Å². The van der Waals surface area contributed by atoms with E-state index < -0.39 is 0 Å². The van der Waals surface area contributed by atoms with E-state index in [-0.39, 0.29) is 5.75 Å². The zero-order valence-corrected chi connectivity index (χ0v) is 11.7. The van der Waals surface area contributed by atoms with Crippen molar-refractivity contribution in [3.63, 3.8) is 0 Å². The summed E-state index contributed by atoms with van der Waals surface area (Å²) in [4.78, 5) is 0. The number of aromatic nitrogens is 2. The topological polar surface area (TPSA) is 38.0 Å². The van der Waals surface area contributed by atoms with Gasteiger partial charge in [0.15, 0.2) is 5.75 Å². The van der Waals surface area contributed by atoms with Crippen molar-refractivity contribution in [2.24, 2.45) is 0 Å². The van der Waals surface area contributed by atoms with Crippen LogP contribution in [0.1, 0.15) is 5.56 Å². The molecule has 0 saturated carbocycles. The van der Waals surface area contributed by atoms with Crippen molar-refractivity contribution in [1.29, 1.82) is 0 Å². The molecule has 0 aliphatic rings. The summed E-state index contributed by atoms with van der Waals surface area (Å²) in [6, 6.07) is 15.2. The SMILES string of the molecule is Cc1ccc(-c2nn(-c3ccc(Cl)cc3)cc2O)cc1. The lowest BCUT2D eigenvalue weighted by Crippen LogP contribution is -1.94. The van der Waals surface area contributed by atoms with E-state index in [0.717, 1.165) is 11.3 Å². The van der Waals surface area contributed by atoms with Crippen molar-refractivity contribution in [1.82, 2.24) is 9.78 Å². The molecule has 0 aliphatic carbocycles. The number of hydrogen-bond donors (Lipinski definition) is 1. The maximum absolute atomic E-state index is 10.1. The van der Waals surface area contributed by atoms with Gasteiger partial charge >= 0.3 is 0 Å². The summed E-state index contributed by atoms with van der Waals surface area (Å²) < 4.78 is 1.64. The van der Waals surface area contributed by atoms with Gasteiger partial charge in [-0.1, -0.05) is 41.4 Å². The Kier molecular flexibility index (Phi) is 3.20. The lowest BCUT2D eigenvalue weighted by Gasteiger charge is -2.01. The Hall–Kier alpha value is -2.26. The van der Waals surface area contributed by atoms with Gasteiger partial charge in [-0.3, -0.25) is 0 Å². The zero-order valence-electron chi connectivity index (χ0n) is 10.9. The molecule has 3 aromatic rings. The molecule has 20 heavy (non-hydrogen) atoms. The minimum Gasteiger partial charge on any atom is -0.504 e. The van der Waals surface area contributed by atoms with Crippen molar-refractivity contribution in [2.45, 2.75) is 6.92 Å². The average molecular weight is 285 g/mol. The molecular weight excluding hydrogens is 272 g/mol. The van der Waals surface area contributed by atoms with E-state index in [4.69, 9.17) is 11.6 Å². The van der Waals surface area contributed by atoms with E-state index in [1.807, 2.05) is 43.3 Å². The standard InChI is InChI=1S/C16H13ClN2O/c1-11-2-4-12(5-3-11)16-15(20)10-19(18-16)14-8-6-13(17)7-9-14/h2-10,20H,1H3. The Morgan fingerprint density at radius 2 is 1.65 bits per heavy atom. The number of rotatable bonds is 2. The fourth-order valence-corrected chi connectivity index (χ4v) is 2.13. The molecule has 0 bridgehead atoms. The Labute approximate surface area is 122 Å². The first kappa shape index (κ1) is 12.8. The minimum absolute atomic E-state index is 0.156. The van der Waals surface area contributed by atoms with Gasteiger partial charge in [0.2, 0.25) is 0 Å². The number of aryl methyl sites for hydroxylation is 1. The highest BCUT2D eigenvalue weighted by atomic mass is 35.5. The number of aromatic hydroxyl groups is 1. The molecular formula is C16H13ClN2O. The Balaban J connectivity index is 2.02. The molecule has 3 nitrogen and oxygen atoms in total. The highest BCUT2D eigenvalue weighted by Crippen LogP contribution is 2.28. The molecule has 0 aliphatic heterocycles. The molecule has 1 aromatic heterocycles. The molecule has 0 atom stereocenters. The maximum atomic E-state index is 10.1. The summed E-state index contributed by atoms with van der Waals surface area (Å²) in [5.41, 5.74) is 3.48. The van der Waals surface area contributed by atoms with Crippen LogP contribution >= 0.6 is 11.6 Å². The van der Waals surface area contributed by atoms with Gasteiger partial charge in [0.25, 0.3) is 0 Å². The van der Waals surface area contributed by atoms with Crippen LogP contribution in [0.5, 0.6) is 5.75 Å². The largest absolute Gasteiger partial charge is 0.504 e. The van der Waals surface area contributed by atoms with Crippen molar-refractivity contribution in [3.8, 4) is 22.7 Å². The van der Waals surface area contributed by atoms with Gasteiger partial charge in [-0.05, 0) is 31.2 Å². The summed E-state index contributed by atoms with van der Waals surface area (Å²) in [5.74, 6) is 0.156. The third-order valence-corrected chi connectivity index (χ3v) is 3.36. The van der Waals surface area contributed by atoms with Gasteiger partial charge < -0.3 is 5.11 Å². The van der Waals surface area contributed by atoms with Crippen LogP contribution in [0.2, 0.25) is 5.02 Å². The van der Waals surface area contributed by atoms with Crippen LogP contribution in [0.25, 0.3) is 16.9 Å². The van der Waals surface area contributed by atoms with E-state index in [0.29, 0.717) is 10.7 Å². The second kappa shape index (κ2) is 5.02. The maximum Gasteiger partial charge on any atom is 0.162 e. The van der Waals surface area contributed by atoms with Crippen molar-refractivity contribution in [2.75, 3.05) is 0 Å². The highest BCUT2D eigenvalue weighted by molar-refractivity contribution is 6.30. The van der Waals surface area contributed by atoms with Gasteiger partial charge in [0.05, 0.1) is 11.9 Å². The van der Waals surface area contributed by atoms with Crippen LogP contribution in [0, 0.1) is 6.92 Å². The van der Waals surface area contributed by atoms with Crippen molar-refractivity contribution in [3.05, 3.63) is 65.3 Å². The fraction of sp³-hybridized carbons (Fsp3) is 0.0625. The molecule has 0 amide bonds. The quantitative estimate of drug-likeness (QED) is 0.765. The second-order valence-electron chi connectivity index (χ2n) is 4.65. The summed E-state index contributed by atoms with van der Waals surface area (Å²) in [7, 11) is 0. The molecule has 0 unspecified atom stereocenters.